The van der Waals surface area contributed by atoms with Crippen molar-refractivity contribution in [3.05, 3.63) is 11.8 Å². The van der Waals surface area contributed by atoms with E-state index < -0.39 is 0 Å². The summed E-state index contributed by atoms with van der Waals surface area (Å²) in [6.07, 6.45) is 4.37. The van der Waals surface area contributed by atoms with Gasteiger partial charge in [-0.2, -0.15) is 0 Å². The summed E-state index contributed by atoms with van der Waals surface area (Å²) >= 11 is 0. The molecule has 9 heavy (non-hydrogen) atoms. The minimum absolute atomic E-state index is 0.0133. The second-order valence-corrected chi connectivity index (χ2v) is 1.66. The van der Waals surface area contributed by atoms with Crippen molar-refractivity contribution in [1.29, 1.82) is 0 Å². The smallest absolute Gasteiger partial charge is 0.133 e. The Hall–Kier alpha value is -0.990. The third-order valence-corrected chi connectivity index (χ3v) is 0.832. The van der Waals surface area contributed by atoms with Gasteiger partial charge in [0.25, 0.3) is 0 Å². The van der Waals surface area contributed by atoms with Gasteiger partial charge in [-0.15, -0.1) is 0 Å². The van der Waals surface area contributed by atoms with Gasteiger partial charge in [0.05, 0.1) is 0 Å². The fourth-order valence-electron chi connectivity index (χ4n) is 0.404. The summed E-state index contributed by atoms with van der Waals surface area (Å²) < 4.78 is 0. The number of rotatable bonds is 3. The van der Waals surface area contributed by atoms with Crippen molar-refractivity contribution < 1.29 is 10.3 Å². The Labute approximate surface area is 54.3 Å². The van der Waals surface area contributed by atoms with Crippen LogP contribution in [0.4, 0.5) is 0 Å². The fraction of sp³-hybridized carbons (Fsp3) is 0.500. The SMILES string of the molecule is CCC/C=C(O)\C=N\O. The van der Waals surface area contributed by atoms with Crippen molar-refractivity contribution >= 4 is 6.21 Å². The van der Waals surface area contributed by atoms with E-state index in [1.807, 2.05) is 6.92 Å². The summed E-state index contributed by atoms with van der Waals surface area (Å²) in [6, 6.07) is 0. The highest BCUT2D eigenvalue weighted by atomic mass is 16.4. The van der Waals surface area contributed by atoms with E-state index in [1.165, 1.54) is 0 Å². The van der Waals surface area contributed by atoms with Gasteiger partial charge >= 0.3 is 0 Å². The zero-order chi connectivity index (χ0) is 7.11. The van der Waals surface area contributed by atoms with Gasteiger partial charge in [0.1, 0.15) is 12.0 Å². The predicted molar refractivity (Wildman–Crippen MR) is 35.9 cm³/mol. The second-order valence-electron chi connectivity index (χ2n) is 1.66. The van der Waals surface area contributed by atoms with E-state index in [0.717, 1.165) is 19.1 Å². The highest BCUT2D eigenvalue weighted by molar-refractivity contribution is 5.74. The molecule has 0 saturated heterocycles. The van der Waals surface area contributed by atoms with Crippen LogP contribution in [0.2, 0.25) is 0 Å². The van der Waals surface area contributed by atoms with Crippen LogP contribution in [0.3, 0.4) is 0 Å². The lowest BCUT2D eigenvalue weighted by atomic mass is 10.3. The fourth-order valence-corrected chi connectivity index (χ4v) is 0.404. The molecule has 0 radical (unpaired) electrons. The third-order valence-electron chi connectivity index (χ3n) is 0.832. The summed E-state index contributed by atoms with van der Waals surface area (Å²) in [6.45, 7) is 2.00. The van der Waals surface area contributed by atoms with Gasteiger partial charge in [0.15, 0.2) is 0 Å². The molecule has 0 atom stereocenters. The average molecular weight is 129 g/mol. The Morgan fingerprint density at radius 1 is 1.67 bits per heavy atom. The molecule has 0 bridgehead atoms. The van der Waals surface area contributed by atoms with E-state index in [0.29, 0.717) is 0 Å². The minimum atomic E-state index is 0.0133. The quantitative estimate of drug-likeness (QED) is 0.263. The van der Waals surface area contributed by atoms with E-state index in [9.17, 15) is 0 Å². The van der Waals surface area contributed by atoms with Crippen molar-refractivity contribution in [1.82, 2.24) is 0 Å². The lowest BCUT2D eigenvalue weighted by Crippen LogP contribution is -1.80. The van der Waals surface area contributed by atoms with Gasteiger partial charge in [0, 0.05) is 0 Å². The molecule has 0 aliphatic heterocycles. The number of aliphatic hydroxyl groups is 1. The number of aliphatic hydroxyl groups excluding tert-OH is 1. The number of oxime groups is 1. The van der Waals surface area contributed by atoms with Crippen LogP contribution in [-0.2, 0) is 0 Å². The summed E-state index contributed by atoms with van der Waals surface area (Å²) in [5.41, 5.74) is 0. The zero-order valence-electron chi connectivity index (χ0n) is 5.41. The molecule has 0 spiro atoms. The summed E-state index contributed by atoms with van der Waals surface area (Å²) in [5.74, 6) is 0.0133. The van der Waals surface area contributed by atoms with Crippen molar-refractivity contribution in [2.75, 3.05) is 0 Å². The molecule has 2 N–H and O–H groups in total. The van der Waals surface area contributed by atoms with Crippen LogP contribution in [0.25, 0.3) is 0 Å². The number of hydrogen-bond acceptors (Lipinski definition) is 3. The maximum Gasteiger partial charge on any atom is 0.133 e. The number of hydrogen-bond donors (Lipinski definition) is 2. The first-order valence-electron chi connectivity index (χ1n) is 2.87. The second kappa shape index (κ2) is 5.15. The summed E-state index contributed by atoms with van der Waals surface area (Å²) in [7, 11) is 0. The zero-order valence-corrected chi connectivity index (χ0v) is 5.41. The van der Waals surface area contributed by atoms with Crippen LogP contribution >= 0.6 is 0 Å². The molecule has 0 aromatic heterocycles. The third kappa shape index (κ3) is 4.87. The standard InChI is InChI=1S/C6H11NO2/c1-2-3-4-6(8)5-7-9/h4-5,8-9H,2-3H2,1H3/b6-4+,7-5+. The molecule has 0 heterocycles. The molecule has 0 unspecified atom stereocenters. The summed E-state index contributed by atoms with van der Waals surface area (Å²) in [4.78, 5) is 0. The molecule has 0 aliphatic rings. The largest absolute Gasteiger partial charge is 0.507 e. The monoisotopic (exact) mass is 129 g/mol. The molecule has 3 nitrogen and oxygen atoms in total. The van der Waals surface area contributed by atoms with E-state index in [4.69, 9.17) is 10.3 Å². The molecule has 0 aliphatic carbocycles. The van der Waals surface area contributed by atoms with E-state index >= 15 is 0 Å². The van der Waals surface area contributed by atoms with Crippen molar-refractivity contribution in [2.45, 2.75) is 19.8 Å². The Kier molecular flexibility index (Phi) is 4.59. The van der Waals surface area contributed by atoms with Gasteiger partial charge in [-0.3, -0.25) is 0 Å². The van der Waals surface area contributed by atoms with E-state index in [2.05, 4.69) is 5.16 Å². The Morgan fingerprint density at radius 3 is 2.78 bits per heavy atom. The van der Waals surface area contributed by atoms with Crippen molar-refractivity contribution in [3.8, 4) is 0 Å². The van der Waals surface area contributed by atoms with Crippen molar-refractivity contribution in [3.63, 3.8) is 0 Å². The van der Waals surface area contributed by atoms with E-state index in [-0.39, 0.29) is 5.76 Å². The summed E-state index contributed by atoms with van der Waals surface area (Å²) in [5, 5.41) is 19.3. The van der Waals surface area contributed by atoms with Crippen LogP contribution in [-0.4, -0.2) is 16.5 Å². The normalized spacial score (nSPS) is 12.8. The molecular weight excluding hydrogens is 118 g/mol. The Balaban J connectivity index is 3.55. The van der Waals surface area contributed by atoms with Crippen LogP contribution in [0.1, 0.15) is 19.8 Å². The highest BCUT2D eigenvalue weighted by Gasteiger charge is 1.82. The van der Waals surface area contributed by atoms with Gasteiger partial charge < -0.3 is 10.3 Å². The minimum Gasteiger partial charge on any atom is -0.507 e. The number of allylic oxidation sites excluding steroid dienone is 2. The lowest BCUT2D eigenvalue weighted by Gasteiger charge is -1.86. The first-order chi connectivity index (χ1) is 4.31. The van der Waals surface area contributed by atoms with Crippen LogP contribution < -0.4 is 0 Å². The lowest BCUT2D eigenvalue weighted by molar-refractivity contribution is 0.318. The Morgan fingerprint density at radius 2 is 2.33 bits per heavy atom. The van der Waals surface area contributed by atoms with Crippen LogP contribution in [0.5, 0.6) is 0 Å². The number of nitrogens with zero attached hydrogens (tertiary/aromatic N) is 1. The molecule has 0 fully saturated rings. The molecular formula is C6H11NO2. The molecule has 52 valence electrons. The first-order valence-corrected chi connectivity index (χ1v) is 2.87. The first kappa shape index (κ1) is 8.01. The Bertz CT molecular complexity index is 118. The molecule has 0 aromatic rings. The molecule has 0 rings (SSSR count). The average Bonchev–Trinajstić information content (AvgIpc) is 1.85. The molecule has 0 aromatic carbocycles. The van der Waals surface area contributed by atoms with E-state index in [1.54, 1.807) is 6.08 Å². The molecule has 0 amide bonds. The number of unbranched alkanes of at least 4 members (excludes halogenated alkanes) is 1. The molecule has 3 heteroatoms. The maximum absolute atomic E-state index is 8.73. The van der Waals surface area contributed by atoms with Crippen molar-refractivity contribution in [2.24, 2.45) is 5.16 Å². The van der Waals surface area contributed by atoms with Gasteiger partial charge in [-0.25, -0.2) is 0 Å². The molecule has 0 saturated carbocycles. The predicted octanol–water partition coefficient (Wildman–Crippen LogP) is 1.69. The van der Waals surface area contributed by atoms with Crippen LogP contribution in [0, 0.1) is 0 Å². The van der Waals surface area contributed by atoms with Gasteiger partial charge in [-0.05, 0) is 12.5 Å². The van der Waals surface area contributed by atoms with Crippen LogP contribution in [0.15, 0.2) is 17.0 Å². The maximum atomic E-state index is 8.73. The topological polar surface area (TPSA) is 52.8 Å². The highest BCUT2D eigenvalue weighted by Crippen LogP contribution is 1.91. The van der Waals surface area contributed by atoms with Gasteiger partial charge in [0.2, 0.25) is 0 Å². The van der Waals surface area contributed by atoms with Gasteiger partial charge in [-0.1, -0.05) is 18.5 Å².